The molecular weight excluding hydrogens is 335 g/mol. The van der Waals surface area contributed by atoms with Gasteiger partial charge in [0.05, 0.1) is 39.7 Å². The largest absolute Gasteiger partial charge is 0.377 e. The van der Waals surface area contributed by atoms with Crippen LogP contribution in [0.25, 0.3) is 0 Å². The molecular formula is C15H16BrFN4. The van der Waals surface area contributed by atoms with Crippen LogP contribution in [0.1, 0.15) is 30.8 Å². The van der Waals surface area contributed by atoms with Crippen LogP contribution < -0.4 is 5.32 Å². The van der Waals surface area contributed by atoms with Crippen molar-refractivity contribution < 1.29 is 4.39 Å². The molecule has 0 saturated heterocycles. The smallest absolute Gasteiger partial charge is 0.147 e. The topological polar surface area (TPSA) is 53.6 Å². The van der Waals surface area contributed by atoms with Gasteiger partial charge in [0.1, 0.15) is 5.82 Å². The molecule has 1 heterocycles. The summed E-state index contributed by atoms with van der Waals surface area (Å²) >= 11 is 3.56. The van der Waals surface area contributed by atoms with E-state index in [0.717, 1.165) is 28.8 Å². The average Bonchev–Trinajstić information content (AvgIpc) is 2.81. The summed E-state index contributed by atoms with van der Waals surface area (Å²) in [5, 5.41) is 16.3. The fraction of sp³-hybridized carbons (Fsp3) is 0.333. The molecule has 0 bridgehead atoms. The van der Waals surface area contributed by atoms with Gasteiger partial charge in [-0.3, -0.25) is 4.68 Å². The minimum atomic E-state index is -0.427. The summed E-state index contributed by atoms with van der Waals surface area (Å²) in [6, 6.07) is 6.32. The van der Waals surface area contributed by atoms with E-state index in [1.165, 1.54) is 6.07 Å². The van der Waals surface area contributed by atoms with Crippen molar-refractivity contribution in [2.75, 3.05) is 5.32 Å². The molecule has 0 aliphatic heterocycles. The van der Waals surface area contributed by atoms with Gasteiger partial charge in [-0.1, -0.05) is 6.92 Å². The van der Waals surface area contributed by atoms with Gasteiger partial charge >= 0.3 is 0 Å². The number of nitrogens with zero attached hydrogens (tertiary/aromatic N) is 3. The second-order valence-corrected chi connectivity index (χ2v) is 5.33. The van der Waals surface area contributed by atoms with Gasteiger partial charge in [0.2, 0.25) is 0 Å². The van der Waals surface area contributed by atoms with E-state index in [9.17, 15) is 4.39 Å². The van der Waals surface area contributed by atoms with Crippen LogP contribution in [0.4, 0.5) is 10.1 Å². The zero-order valence-corrected chi connectivity index (χ0v) is 13.5. The number of halogens is 2. The van der Waals surface area contributed by atoms with E-state index >= 15 is 0 Å². The number of aryl methyl sites for hydroxylation is 2. The van der Waals surface area contributed by atoms with Crippen LogP contribution in [0.2, 0.25) is 0 Å². The minimum absolute atomic E-state index is 0.311. The normalized spacial score (nSPS) is 10.4. The van der Waals surface area contributed by atoms with E-state index in [-0.39, 0.29) is 0 Å². The molecule has 0 atom stereocenters. The maximum absolute atomic E-state index is 13.8. The third-order valence-electron chi connectivity index (χ3n) is 3.24. The maximum atomic E-state index is 13.8. The van der Waals surface area contributed by atoms with E-state index in [1.54, 1.807) is 12.1 Å². The first-order valence-corrected chi connectivity index (χ1v) is 7.57. The van der Waals surface area contributed by atoms with Crippen molar-refractivity contribution in [2.24, 2.45) is 0 Å². The van der Waals surface area contributed by atoms with Crippen LogP contribution in [-0.2, 0) is 19.5 Å². The van der Waals surface area contributed by atoms with Crippen LogP contribution in [0.15, 0.2) is 22.7 Å². The highest BCUT2D eigenvalue weighted by molar-refractivity contribution is 9.10. The fourth-order valence-corrected chi connectivity index (χ4v) is 2.80. The lowest BCUT2D eigenvalue weighted by Crippen LogP contribution is -2.09. The van der Waals surface area contributed by atoms with E-state index < -0.39 is 5.82 Å². The summed E-state index contributed by atoms with van der Waals surface area (Å²) in [6.45, 7) is 5.28. The summed E-state index contributed by atoms with van der Waals surface area (Å²) in [5.41, 5.74) is 2.67. The molecule has 0 fully saturated rings. The second-order valence-electron chi connectivity index (χ2n) is 4.54. The maximum Gasteiger partial charge on any atom is 0.147 e. The van der Waals surface area contributed by atoms with Crippen molar-refractivity contribution >= 4 is 21.6 Å². The lowest BCUT2D eigenvalue weighted by atomic mass is 10.2. The number of hydrogen-bond acceptors (Lipinski definition) is 3. The zero-order chi connectivity index (χ0) is 15.4. The van der Waals surface area contributed by atoms with Crippen molar-refractivity contribution in [1.29, 1.82) is 5.26 Å². The molecule has 1 aromatic heterocycles. The van der Waals surface area contributed by atoms with Gasteiger partial charge in [0, 0.05) is 6.54 Å². The molecule has 21 heavy (non-hydrogen) atoms. The molecule has 2 aromatic rings. The van der Waals surface area contributed by atoms with Crippen molar-refractivity contribution in [3.05, 3.63) is 45.4 Å². The van der Waals surface area contributed by atoms with Crippen LogP contribution in [0.5, 0.6) is 0 Å². The highest BCUT2D eigenvalue weighted by Crippen LogP contribution is 2.24. The number of rotatable bonds is 5. The molecule has 4 nitrogen and oxygen atoms in total. The molecule has 0 radical (unpaired) electrons. The number of anilines is 1. The number of benzene rings is 1. The van der Waals surface area contributed by atoms with Crippen molar-refractivity contribution in [3.63, 3.8) is 0 Å². The molecule has 0 aliphatic carbocycles. The number of nitrogens with one attached hydrogen (secondary N) is 1. The van der Waals surface area contributed by atoms with Gasteiger partial charge in [0.25, 0.3) is 0 Å². The Hall–Kier alpha value is -1.87. The molecule has 0 saturated carbocycles. The Kier molecular flexibility index (Phi) is 4.97. The molecule has 1 aromatic carbocycles. The van der Waals surface area contributed by atoms with Crippen LogP contribution in [0, 0.1) is 17.1 Å². The van der Waals surface area contributed by atoms with Crippen LogP contribution in [-0.4, -0.2) is 9.78 Å². The summed E-state index contributed by atoms with van der Waals surface area (Å²) in [6.07, 6.45) is 0.839. The first kappa shape index (κ1) is 15.5. The van der Waals surface area contributed by atoms with Crippen molar-refractivity contribution in [2.45, 2.75) is 33.4 Å². The first-order valence-electron chi connectivity index (χ1n) is 6.78. The molecule has 1 N–H and O–H groups in total. The Morgan fingerprint density at radius 3 is 2.76 bits per heavy atom. The predicted molar refractivity (Wildman–Crippen MR) is 83.4 cm³/mol. The van der Waals surface area contributed by atoms with Crippen LogP contribution in [0.3, 0.4) is 0 Å². The van der Waals surface area contributed by atoms with Crippen molar-refractivity contribution in [1.82, 2.24) is 9.78 Å². The van der Waals surface area contributed by atoms with Gasteiger partial charge in [-0.15, -0.1) is 0 Å². The average molecular weight is 351 g/mol. The molecule has 0 aliphatic rings. The fourth-order valence-electron chi connectivity index (χ4n) is 2.09. The molecule has 2 rings (SSSR count). The SMILES string of the molecule is CCc1nn(CC)c(CNc2ccc(C#N)cc2F)c1Br. The lowest BCUT2D eigenvalue weighted by Gasteiger charge is -2.09. The standard InChI is InChI=1S/C15H16BrFN4/c1-3-12-15(16)14(21(4-2)20-12)9-19-13-6-5-10(8-18)7-11(13)17/h5-7,19H,3-4,9H2,1-2H3. The van der Waals surface area contributed by atoms with Gasteiger partial charge in [-0.05, 0) is 47.5 Å². The summed E-state index contributed by atoms with van der Waals surface area (Å²) in [7, 11) is 0. The first-order chi connectivity index (χ1) is 10.1. The van der Waals surface area contributed by atoms with E-state index in [1.807, 2.05) is 24.6 Å². The zero-order valence-electron chi connectivity index (χ0n) is 12.0. The summed E-state index contributed by atoms with van der Waals surface area (Å²) < 4.78 is 16.7. The lowest BCUT2D eigenvalue weighted by molar-refractivity contribution is 0.613. The third kappa shape index (κ3) is 3.24. The summed E-state index contributed by atoms with van der Waals surface area (Å²) in [4.78, 5) is 0. The number of aromatic nitrogens is 2. The molecule has 6 heteroatoms. The third-order valence-corrected chi connectivity index (χ3v) is 4.15. The molecule has 0 unspecified atom stereocenters. The number of hydrogen-bond donors (Lipinski definition) is 1. The van der Waals surface area contributed by atoms with Gasteiger partial charge in [-0.25, -0.2) is 4.39 Å². The Bertz CT molecular complexity index is 688. The molecule has 110 valence electrons. The highest BCUT2D eigenvalue weighted by atomic mass is 79.9. The summed E-state index contributed by atoms with van der Waals surface area (Å²) in [5.74, 6) is -0.427. The van der Waals surface area contributed by atoms with Gasteiger partial charge in [0.15, 0.2) is 0 Å². The van der Waals surface area contributed by atoms with E-state index in [0.29, 0.717) is 17.8 Å². The van der Waals surface area contributed by atoms with Crippen LogP contribution >= 0.6 is 15.9 Å². The van der Waals surface area contributed by atoms with Gasteiger partial charge in [-0.2, -0.15) is 10.4 Å². The number of nitriles is 1. The van der Waals surface area contributed by atoms with Crippen molar-refractivity contribution in [3.8, 4) is 6.07 Å². The Morgan fingerprint density at radius 1 is 1.43 bits per heavy atom. The monoisotopic (exact) mass is 350 g/mol. The second kappa shape index (κ2) is 6.72. The Morgan fingerprint density at radius 2 is 2.19 bits per heavy atom. The minimum Gasteiger partial charge on any atom is -0.377 e. The molecule has 0 amide bonds. The van der Waals surface area contributed by atoms with Gasteiger partial charge < -0.3 is 5.32 Å². The van der Waals surface area contributed by atoms with E-state index in [4.69, 9.17) is 5.26 Å². The van der Waals surface area contributed by atoms with E-state index in [2.05, 4.69) is 26.3 Å². The Balaban J connectivity index is 2.20. The quantitative estimate of drug-likeness (QED) is 0.890. The Labute approximate surface area is 131 Å². The molecule has 0 spiro atoms. The predicted octanol–water partition coefficient (Wildman–Crippen LogP) is 3.85. The highest BCUT2D eigenvalue weighted by Gasteiger charge is 2.14.